The fourth-order valence-electron chi connectivity index (χ4n) is 3.70. The number of nitrogens with two attached hydrogens (primary N) is 1. The zero-order valence-electron chi connectivity index (χ0n) is 15.1. The zero-order chi connectivity index (χ0) is 19.1. The van der Waals surface area contributed by atoms with E-state index >= 15 is 0 Å². The molecule has 1 aromatic carbocycles. The SMILES string of the molecule is CN1C(=O)[C@H](c2ccc(C(C)(F)F)cc2)[C@@](C)(C2C=CC=CC2)N=C1N. The Balaban J connectivity index is 2.08. The molecule has 0 radical (unpaired) electrons. The van der Waals surface area contributed by atoms with Crippen LogP contribution in [0.2, 0.25) is 0 Å². The van der Waals surface area contributed by atoms with Crippen LogP contribution in [0.15, 0.2) is 53.6 Å². The molecule has 6 heteroatoms. The molecular weight excluding hydrogens is 336 g/mol. The van der Waals surface area contributed by atoms with Crippen LogP contribution < -0.4 is 5.73 Å². The quantitative estimate of drug-likeness (QED) is 0.897. The average Bonchev–Trinajstić information content (AvgIpc) is 2.60. The monoisotopic (exact) mass is 359 g/mol. The molecule has 0 spiro atoms. The summed E-state index contributed by atoms with van der Waals surface area (Å²) in [5.41, 5.74) is 5.78. The largest absolute Gasteiger partial charge is 0.369 e. The molecule has 1 aromatic rings. The topological polar surface area (TPSA) is 58.7 Å². The summed E-state index contributed by atoms with van der Waals surface area (Å²) in [4.78, 5) is 19.0. The molecule has 1 aliphatic heterocycles. The summed E-state index contributed by atoms with van der Waals surface area (Å²) < 4.78 is 27.1. The Morgan fingerprint density at radius 1 is 1.27 bits per heavy atom. The third-order valence-corrected chi connectivity index (χ3v) is 5.34. The first-order valence-electron chi connectivity index (χ1n) is 8.59. The number of allylic oxidation sites excluding steroid dienone is 3. The Morgan fingerprint density at radius 2 is 1.92 bits per heavy atom. The number of halogens is 2. The number of guanidine groups is 1. The number of carbonyl (C=O) groups is 1. The van der Waals surface area contributed by atoms with Crippen LogP contribution in [0.3, 0.4) is 0 Å². The van der Waals surface area contributed by atoms with Crippen LogP contribution in [0.1, 0.15) is 37.3 Å². The van der Waals surface area contributed by atoms with E-state index in [2.05, 4.69) is 4.99 Å². The number of aliphatic imine (C=N–C) groups is 1. The summed E-state index contributed by atoms with van der Waals surface area (Å²) in [7, 11) is 1.58. The Labute approximate surface area is 152 Å². The highest BCUT2D eigenvalue weighted by Crippen LogP contribution is 2.44. The van der Waals surface area contributed by atoms with Crippen molar-refractivity contribution < 1.29 is 13.6 Å². The van der Waals surface area contributed by atoms with Gasteiger partial charge < -0.3 is 5.73 Å². The molecule has 1 aliphatic carbocycles. The summed E-state index contributed by atoms with van der Waals surface area (Å²) >= 11 is 0. The summed E-state index contributed by atoms with van der Waals surface area (Å²) in [5, 5.41) is 0. The Kier molecular flexibility index (Phi) is 4.46. The molecule has 3 atom stereocenters. The Hall–Kier alpha value is -2.50. The number of benzene rings is 1. The molecule has 2 N–H and O–H groups in total. The maximum atomic E-state index is 13.5. The normalized spacial score (nSPS) is 29.0. The highest BCUT2D eigenvalue weighted by Gasteiger charge is 2.49. The van der Waals surface area contributed by atoms with Gasteiger partial charge in [-0.1, -0.05) is 48.6 Å². The lowest BCUT2D eigenvalue weighted by atomic mass is 9.69. The molecule has 0 bridgehead atoms. The van der Waals surface area contributed by atoms with Gasteiger partial charge in [-0.2, -0.15) is 0 Å². The molecule has 1 unspecified atom stereocenters. The number of alkyl halides is 2. The second kappa shape index (κ2) is 6.34. The smallest absolute Gasteiger partial charge is 0.270 e. The molecule has 4 nitrogen and oxygen atoms in total. The minimum Gasteiger partial charge on any atom is -0.369 e. The summed E-state index contributed by atoms with van der Waals surface area (Å²) in [6.07, 6.45) is 8.68. The zero-order valence-corrected chi connectivity index (χ0v) is 15.1. The highest BCUT2D eigenvalue weighted by atomic mass is 19.3. The van der Waals surface area contributed by atoms with Crippen LogP contribution in [0.25, 0.3) is 0 Å². The van der Waals surface area contributed by atoms with Crippen LogP contribution in [-0.2, 0) is 10.7 Å². The van der Waals surface area contributed by atoms with E-state index < -0.39 is 17.4 Å². The maximum absolute atomic E-state index is 13.5. The van der Waals surface area contributed by atoms with Gasteiger partial charge in [0.1, 0.15) is 0 Å². The summed E-state index contributed by atoms with van der Waals surface area (Å²) in [6, 6.07) is 5.95. The van der Waals surface area contributed by atoms with Crippen LogP contribution in [0.5, 0.6) is 0 Å². The van der Waals surface area contributed by atoms with Crippen molar-refractivity contribution >= 4 is 11.9 Å². The number of rotatable bonds is 3. The second-order valence-electron chi connectivity index (χ2n) is 7.19. The van der Waals surface area contributed by atoms with Crippen molar-refractivity contribution in [1.82, 2.24) is 4.90 Å². The standard InChI is InChI=1S/C20H23F2N3O/c1-19(14-7-5-4-6-8-14)16(17(26)25(3)18(23)24-19)13-9-11-15(12-10-13)20(2,21)22/h4-7,9-12,14,16H,8H2,1-3H3,(H2,23,24)/t14?,16-,19+/m0/s1. The number of hydrogen-bond acceptors (Lipinski definition) is 3. The molecule has 0 saturated carbocycles. The first kappa shape index (κ1) is 18.3. The van der Waals surface area contributed by atoms with E-state index in [1.165, 1.54) is 17.0 Å². The van der Waals surface area contributed by atoms with E-state index in [4.69, 9.17) is 5.73 Å². The van der Waals surface area contributed by atoms with Gasteiger partial charge >= 0.3 is 0 Å². The first-order valence-corrected chi connectivity index (χ1v) is 8.59. The first-order chi connectivity index (χ1) is 12.1. The van der Waals surface area contributed by atoms with Gasteiger partial charge in [0, 0.05) is 25.5 Å². The van der Waals surface area contributed by atoms with Crippen molar-refractivity contribution in [3.05, 3.63) is 59.7 Å². The van der Waals surface area contributed by atoms with Gasteiger partial charge in [0.15, 0.2) is 5.96 Å². The number of amides is 1. The van der Waals surface area contributed by atoms with E-state index in [1.807, 2.05) is 31.2 Å². The summed E-state index contributed by atoms with van der Waals surface area (Å²) in [5.74, 6) is -3.54. The predicted octanol–water partition coefficient (Wildman–Crippen LogP) is 3.56. The van der Waals surface area contributed by atoms with Gasteiger partial charge in [0.25, 0.3) is 5.92 Å². The van der Waals surface area contributed by atoms with Crippen molar-refractivity contribution in [2.75, 3.05) is 7.05 Å². The van der Waals surface area contributed by atoms with E-state index in [1.54, 1.807) is 19.2 Å². The highest BCUT2D eigenvalue weighted by molar-refractivity contribution is 6.02. The van der Waals surface area contributed by atoms with Crippen molar-refractivity contribution in [1.29, 1.82) is 0 Å². The fourth-order valence-corrected chi connectivity index (χ4v) is 3.70. The van der Waals surface area contributed by atoms with Crippen LogP contribution in [0.4, 0.5) is 8.78 Å². The van der Waals surface area contributed by atoms with Crippen molar-refractivity contribution in [2.45, 2.75) is 37.6 Å². The number of likely N-dealkylation sites (N-methyl/N-ethyl adjacent to an activating group) is 1. The number of nitrogens with zero attached hydrogens (tertiary/aromatic N) is 2. The minimum atomic E-state index is -2.92. The van der Waals surface area contributed by atoms with Gasteiger partial charge in [0.2, 0.25) is 5.91 Å². The molecular formula is C20H23F2N3O. The lowest BCUT2D eigenvalue weighted by molar-refractivity contribution is -0.131. The molecule has 0 fully saturated rings. The molecule has 26 heavy (non-hydrogen) atoms. The van der Waals surface area contributed by atoms with Gasteiger partial charge in [-0.05, 0) is 18.9 Å². The molecule has 1 amide bonds. The molecule has 0 saturated heterocycles. The van der Waals surface area contributed by atoms with Gasteiger partial charge in [0.05, 0.1) is 11.5 Å². The van der Waals surface area contributed by atoms with E-state index in [-0.39, 0.29) is 23.3 Å². The molecule has 138 valence electrons. The van der Waals surface area contributed by atoms with E-state index in [9.17, 15) is 13.6 Å². The van der Waals surface area contributed by atoms with Gasteiger partial charge in [-0.25, -0.2) is 13.8 Å². The maximum Gasteiger partial charge on any atom is 0.270 e. The van der Waals surface area contributed by atoms with Crippen molar-refractivity contribution in [2.24, 2.45) is 16.6 Å². The average molecular weight is 359 g/mol. The van der Waals surface area contributed by atoms with Gasteiger partial charge in [-0.15, -0.1) is 0 Å². The van der Waals surface area contributed by atoms with Gasteiger partial charge in [-0.3, -0.25) is 9.69 Å². The fraction of sp³-hybridized carbons (Fsp3) is 0.400. The van der Waals surface area contributed by atoms with Crippen molar-refractivity contribution in [3.8, 4) is 0 Å². The van der Waals surface area contributed by atoms with E-state index in [0.29, 0.717) is 5.56 Å². The molecule has 3 rings (SSSR count). The van der Waals surface area contributed by atoms with Crippen LogP contribution in [-0.4, -0.2) is 29.4 Å². The number of carbonyl (C=O) groups excluding carboxylic acids is 1. The molecule has 0 aromatic heterocycles. The summed E-state index contributed by atoms with van der Waals surface area (Å²) in [6.45, 7) is 2.77. The van der Waals surface area contributed by atoms with Crippen molar-refractivity contribution in [3.63, 3.8) is 0 Å². The number of hydrogen-bond donors (Lipinski definition) is 1. The Morgan fingerprint density at radius 3 is 2.46 bits per heavy atom. The van der Waals surface area contributed by atoms with Crippen LogP contribution in [0, 0.1) is 5.92 Å². The molecule has 2 aliphatic rings. The van der Waals surface area contributed by atoms with Crippen LogP contribution >= 0.6 is 0 Å². The third-order valence-electron chi connectivity index (χ3n) is 5.34. The van der Waals surface area contributed by atoms with E-state index in [0.717, 1.165) is 13.3 Å². The lowest BCUT2D eigenvalue weighted by Gasteiger charge is -2.44. The predicted molar refractivity (Wildman–Crippen MR) is 97.9 cm³/mol. The third kappa shape index (κ3) is 3.04. The molecule has 1 heterocycles. The Bertz CT molecular complexity index is 792. The second-order valence-corrected chi connectivity index (χ2v) is 7.19. The lowest BCUT2D eigenvalue weighted by Crippen LogP contribution is -2.56. The minimum absolute atomic E-state index is 0.0130.